The highest BCUT2D eigenvalue weighted by molar-refractivity contribution is 5.65. The lowest BCUT2D eigenvalue weighted by Crippen LogP contribution is -1.87. The van der Waals surface area contributed by atoms with Gasteiger partial charge in [0.15, 0.2) is 0 Å². The number of hydrogen-bond donors (Lipinski definition) is 0. The third-order valence-corrected chi connectivity index (χ3v) is 2.81. The average Bonchev–Trinajstić information content (AvgIpc) is 2.72. The number of aryl methyl sites for hydroxylation is 2. The van der Waals surface area contributed by atoms with Crippen LogP contribution in [-0.2, 0) is 0 Å². The molecular formula is C13H12N4. The Kier molecular flexibility index (Phi) is 2.14. The van der Waals surface area contributed by atoms with E-state index in [0.29, 0.717) is 5.78 Å². The minimum Gasteiger partial charge on any atom is -0.288 e. The molecule has 4 heteroatoms. The van der Waals surface area contributed by atoms with Gasteiger partial charge in [-0.25, -0.2) is 4.98 Å². The Morgan fingerprint density at radius 3 is 2.82 bits per heavy atom. The van der Waals surface area contributed by atoms with E-state index in [1.807, 2.05) is 16.8 Å². The quantitative estimate of drug-likeness (QED) is 0.637. The van der Waals surface area contributed by atoms with Crippen LogP contribution in [0.5, 0.6) is 0 Å². The SMILES string of the molecule is Cc1ccc(-c2cn3ccnnc3n2)c(C)c1. The second-order valence-electron chi connectivity index (χ2n) is 4.17. The molecule has 4 nitrogen and oxygen atoms in total. The standard InChI is InChI=1S/C13H12N4/c1-9-3-4-11(10(2)7-9)12-8-17-6-5-14-16-13(17)15-12/h3-8H,1-2H3. The second kappa shape index (κ2) is 3.66. The molecule has 0 fully saturated rings. The first kappa shape index (κ1) is 9.96. The third-order valence-electron chi connectivity index (χ3n) is 2.81. The van der Waals surface area contributed by atoms with Gasteiger partial charge in [-0.1, -0.05) is 23.8 Å². The highest BCUT2D eigenvalue weighted by Gasteiger charge is 2.07. The molecule has 0 saturated heterocycles. The summed E-state index contributed by atoms with van der Waals surface area (Å²) < 4.78 is 1.88. The van der Waals surface area contributed by atoms with Gasteiger partial charge in [-0.2, -0.15) is 5.10 Å². The van der Waals surface area contributed by atoms with E-state index in [4.69, 9.17) is 0 Å². The monoisotopic (exact) mass is 224 g/mol. The molecule has 0 atom stereocenters. The van der Waals surface area contributed by atoms with Crippen molar-refractivity contribution in [3.05, 3.63) is 47.9 Å². The Bertz CT molecular complexity index is 652. The summed E-state index contributed by atoms with van der Waals surface area (Å²) in [5.41, 5.74) is 4.56. The van der Waals surface area contributed by atoms with E-state index in [1.54, 1.807) is 6.20 Å². The van der Waals surface area contributed by atoms with Gasteiger partial charge in [0.25, 0.3) is 5.78 Å². The summed E-state index contributed by atoms with van der Waals surface area (Å²) in [6, 6.07) is 6.35. The predicted octanol–water partition coefficient (Wildman–Crippen LogP) is 2.41. The minimum atomic E-state index is 0.627. The molecule has 0 aliphatic heterocycles. The molecule has 3 rings (SSSR count). The van der Waals surface area contributed by atoms with Crippen molar-refractivity contribution in [1.29, 1.82) is 0 Å². The van der Waals surface area contributed by atoms with E-state index >= 15 is 0 Å². The lowest BCUT2D eigenvalue weighted by Gasteiger charge is -2.02. The number of fused-ring (bicyclic) bond motifs is 1. The van der Waals surface area contributed by atoms with Crippen LogP contribution in [0.4, 0.5) is 0 Å². The Balaban J connectivity index is 2.20. The molecule has 1 aromatic carbocycles. The third kappa shape index (κ3) is 1.67. The molecule has 0 radical (unpaired) electrons. The summed E-state index contributed by atoms with van der Waals surface area (Å²) in [6.45, 7) is 4.18. The first-order valence-corrected chi connectivity index (χ1v) is 5.48. The molecule has 0 aliphatic carbocycles. The molecule has 0 spiro atoms. The maximum Gasteiger partial charge on any atom is 0.254 e. The lowest BCUT2D eigenvalue weighted by molar-refractivity contribution is 0.966. The minimum absolute atomic E-state index is 0.627. The molecule has 17 heavy (non-hydrogen) atoms. The second-order valence-corrected chi connectivity index (χ2v) is 4.17. The Morgan fingerprint density at radius 2 is 2.06 bits per heavy atom. The van der Waals surface area contributed by atoms with E-state index in [-0.39, 0.29) is 0 Å². The van der Waals surface area contributed by atoms with E-state index in [0.717, 1.165) is 11.3 Å². The number of benzene rings is 1. The van der Waals surface area contributed by atoms with Gasteiger partial charge in [-0.15, -0.1) is 5.10 Å². The van der Waals surface area contributed by atoms with E-state index in [2.05, 4.69) is 47.2 Å². The zero-order valence-corrected chi connectivity index (χ0v) is 9.75. The van der Waals surface area contributed by atoms with Crippen LogP contribution in [0.15, 0.2) is 36.8 Å². The van der Waals surface area contributed by atoms with Gasteiger partial charge in [0, 0.05) is 18.0 Å². The Labute approximate surface area is 99.0 Å². The van der Waals surface area contributed by atoms with Gasteiger partial charge >= 0.3 is 0 Å². The van der Waals surface area contributed by atoms with Crippen molar-refractivity contribution in [2.75, 3.05) is 0 Å². The van der Waals surface area contributed by atoms with Crippen LogP contribution in [0.25, 0.3) is 17.0 Å². The van der Waals surface area contributed by atoms with Crippen molar-refractivity contribution in [2.24, 2.45) is 0 Å². The fourth-order valence-electron chi connectivity index (χ4n) is 1.98. The molecule has 0 bridgehead atoms. The average molecular weight is 224 g/mol. The zero-order valence-electron chi connectivity index (χ0n) is 9.75. The van der Waals surface area contributed by atoms with Crippen LogP contribution < -0.4 is 0 Å². The normalized spacial score (nSPS) is 10.9. The molecule has 0 saturated carbocycles. The van der Waals surface area contributed by atoms with Crippen LogP contribution in [0.2, 0.25) is 0 Å². The number of hydrogen-bond acceptors (Lipinski definition) is 3. The Hall–Kier alpha value is -2.23. The first-order valence-electron chi connectivity index (χ1n) is 5.48. The van der Waals surface area contributed by atoms with Crippen LogP contribution >= 0.6 is 0 Å². The van der Waals surface area contributed by atoms with Crippen LogP contribution in [-0.4, -0.2) is 19.6 Å². The molecule has 0 N–H and O–H groups in total. The van der Waals surface area contributed by atoms with Crippen LogP contribution in [0.1, 0.15) is 11.1 Å². The van der Waals surface area contributed by atoms with Crippen molar-refractivity contribution < 1.29 is 0 Å². The van der Waals surface area contributed by atoms with Gasteiger partial charge in [-0.05, 0) is 19.4 Å². The topological polar surface area (TPSA) is 43.1 Å². The van der Waals surface area contributed by atoms with Crippen LogP contribution in [0.3, 0.4) is 0 Å². The number of rotatable bonds is 1. The zero-order chi connectivity index (χ0) is 11.8. The van der Waals surface area contributed by atoms with E-state index in [9.17, 15) is 0 Å². The Morgan fingerprint density at radius 1 is 1.18 bits per heavy atom. The molecular weight excluding hydrogens is 212 g/mol. The van der Waals surface area contributed by atoms with Gasteiger partial charge in [-0.3, -0.25) is 4.40 Å². The van der Waals surface area contributed by atoms with Gasteiger partial charge in [0.1, 0.15) is 0 Å². The molecule has 2 heterocycles. The van der Waals surface area contributed by atoms with Crippen molar-refractivity contribution >= 4 is 5.78 Å². The maximum atomic E-state index is 4.46. The van der Waals surface area contributed by atoms with Gasteiger partial charge in [0.05, 0.1) is 11.9 Å². The van der Waals surface area contributed by atoms with Crippen LogP contribution in [0, 0.1) is 13.8 Å². The first-order chi connectivity index (χ1) is 8.24. The summed E-state index contributed by atoms with van der Waals surface area (Å²) in [5, 5.41) is 7.80. The fraction of sp³-hybridized carbons (Fsp3) is 0.154. The van der Waals surface area contributed by atoms with Gasteiger partial charge < -0.3 is 0 Å². The van der Waals surface area contributed by atoms with E-state index < -0.39 is 0 Å². The van der Waals surface area contributed by atoms with Crippen molar-refractivity contribution in [3.63, 3.8) is 0 Å². The largest absolute Gasteiger partial charge is 0.288 e. The summed E-state index contributed by atoms with van der Waals surface area (Å²) in [5.74, 6) is 0.627. The van der Waals surface area contributed by atoms with Crippen molar-refractivity contribution in [2.45, 2.75) is 13.8 Å². The summed E-state index contributed by atoms with van der Waals surface area (Å²) in [7, 11) is 0. The number of aromatic nitrogens is 4. The van der Waals surface area contributed by atoms with Crippen molar-refractivity contribution in [1.82, 2.24) is 19.6 Å². The summed E-state index contributed by atoms with van der Waals surface area (Å²) in [6.07, 6.45) is 5.48. The number of imidazole rings is 1. The summed E-state index contributed by atoms with van der Waals surface area (Å²) >= 11 is 0. The molecule has 2 aromatic heterocycles. The maximum absolute atomic E-state index is 4.46. The highest BCUT2D eigenvalue weighted by Crippen LogP contribution is 2.23. The highest BCUT2D eigenvalue weighted by atomic mass is 15.2. The summed E-state index contributed by atoms with van der Waals surface area (Å²) in [4.78, 5) is 4.46. The molecule has 0 aliphatic rings. The predicted molar refractivity (Wildman–Crippen MR) is 65.7 cm³/mol. The van der Waals surface area contributed by atoms with Gasteiger partial charge in [0.2, 0.25) is 0 Å². The smallest absolute Gasteiger partial charge is 0.254 e. The van der Waals surface area contributed by atoms with Crippen molar-refractivity contribution in [3.8, 4) is 11.3 Å². The van der Waals surface area contributed by atoms with E-state index in [1.165, 1.54) is 11.1 Å². The fourth-order valence-corrected chi connectivity index (χ4v) is 1.98. The number of nitrogens with zero attached hydrogens (tertiary/aromatic N) is 4. The molecule has 0 amide bonds. The molecule has 3 aromatic rings. The molecule has 0 unspecified atom stereocenters. The lowest BCUT2D eigenvalue weighted by atomic mass is 10.0. The molecule has 84 valence electrons.